The molecule has 0 unspecified atom stereocenters. The van der Waals surface area contributed by atoms with Crippen LogP contribution in [-0.2, 0) is 13.7 Å². The van der Waals surface area contributed by atoms with Gasteiger partial charge in [-0.05, 0) is 17.1 Å². The van der Waals surface area contributed by atoms with Crippen LogP contribution in [0.2, 0.25) is 5.02 Å². The van der Waals surface area contributed by atoms with E-state index in [2.05, 4.69) is 4.98 Å². The Morgan fingerprint density at radius 1 is 1.33 bits per heavy atom. The Bertz CT molecular complexity index is 715. The molecule has 0 spiro atoms. The van der Waals surface area contributed by atoms with Crippen molar-refractivity contribution in [2.45, 2.75) is 6.61 Å². The van der Waals surface area contributed by atoms with Gasteiger partial charge in [-0.3, -0.25) is 10.1 Å². The first-order valence-corrected chi connectivity index (χ1v) is 5.99. The van der Waals surface area contributed by atoms with Gasteiger partial charge in [0.15, 0.2) is 12.4 Å². The molecule has 1 aromatic carbocycles. The standard InChI is InChI=1S/C11H9ClN4O5/c1-14-10(13-5-11(14)16(19)20)6-21-9-3-2-7(12)4-8(9)15(17)18/h2-5H,6H2,1H3. The van der Waals surface area contributed by atoms with Gasteiger partial charge in [-0.15, -0.1) is 0 Å². The largest absolute Gasteiger partial charge is 0.476 e. The number of ether oxygens (including phenoxy) is 1. The van der Waals surface area contributed by atoms with Gasteiger partial charge in [0, 0.05) is 11.1 Å². The first-order chi connectivity index (χ1) is 9.90. The zero-order valence-electron chi connectivity index (χ0n) is 10.7. The van der Waals surface area contributed by atoms with Gasteiger partial charge in [0.05, 0.1) is 12.0 Å². The lowest BCUT2D eigenvalue weighted by atomic mass is 10.3. The first-order valence-electron chi connectivity index (χ1n) is 5.62. The van der Waals surface area contributed by atoms with Gasteiger partial charge in [-0.25, -0.2) is 9.55 Å². The summed E-state index contributed by atoms with van der Waals surface area (Å²) in [6.45, 7) is -0.146. The van der Waals surface area contributed by atoms with E-state index in [1.807, 2.05) is 0 Å². The highest BCUT2D eigenvalue weighted by atomic mass is 35.5. The SMILES string of the molecule is Cn1c([N+](=O)[O-])cnc1COc1ccc(Cl)cc1[N+](=O)[O-]. The van der Waals surface area contributed by atoms with E-state index in [0.717, 1.165) is 12.3 Å². The quantitative estimate of drug-likeness (QED) is 0.619. The molecule has 9 nitrogen and oxygen atoms in total. The highest BCUT2D eigenvalue weighted by Crippen LogP contribution is 2.30. The van der Waals surface area contributed by atoms with Crippen LogP contribution in [0.3, 0.4) is 0 Å². The molecule has 0 N–H and O–H groups in total. The van der Waals surface area contributed by atoms with Crippen LogP contribution in [0.25, 0.3) is 0 Å². The Morgan fingerprint density at radius 3 is 2.62 bits per heavy atom. The van der Waals surface area contributed by atoms with Crippen LogP contribution in [0, 0.1) is 20.2 Å². The molecule has 0 amide bonds. The molecular weight excluding hydrogens is 304 g/mol. The second kappa shape index (κ2) is 5.75. The smallest absolute Gasteiger partial charge is 0.342 e. The maximum Gasteiger partial charge on any atom is 0.342 e. The highest BCUT2D eigenvalue weighted by molar-refractivity contribution is 6.30. The van der Waals surface area contributed by atoms with E-state index in [1.165, 1.54) is 23.7 Å². The minimum Gasteiger partial charge on any atom is -0.476 e. The molecular formula is C11H9ClN4O5. The van der Waals surface area contributed by atoms with Gasteiger partial charge in [0.2, 0.25) is 5.82 Å². The molecule has 0 atom stereocenters. The van der Waals surface area contributed by atoms with E-state index < -0.39 is 9.85 Å². The second-order valence-electron chi connectivity index (χ2n) is 4.01. The van der Waals surface area contributed by atoms with E-state index >= 15 is 0 Å². The number of benzene rings is 1. The third kappa shape index (κ3) is 3.08. The zero-order chi connectivity index (χ0) is 15.6. The summed E-state index contributed by atoms with van der Waals surface area (Å²) in [5.41, 5.74) is -0.286. The fraction of sp³-hybridized carbons (Fsp3) is 0.182. The summed E-state index contributed by atoms with van der Waals surface area (Å²) in [6.07, 6.45) is 1.09. The molecule has 0 saturated heterocycles. The van der Waals surface area contributed by atoms with Crippen LogP contribution in [0.5, 0.6) is 5.75 Å². The zero-order valence-corrected chi connectivity index (χ0v) is 11.5. The second-order valence-corrected chi connectivity index (χ2v) is 4.44. The molecule has 0 bridgehead atoms. The Kier molecular flexibility index (Phi) is 4.03. The van der Waals surface area contributed by atoms with Crippen molar-refractivity contribution >= 4 is 23.1 Å². The van der Waals surface area contributed by atoms with Gasteiger partial charge < -0.3 is 14.9 Å². The maximum atomic E-state index is 10.9. The van der Waals surface area contributed by atoms with E-state index in [-0.39, 0.29) is 34.7 Å². The topological polar surface area (TPSA) is 113 Å². The number of hydrogen-bond donors (Lipinski definition) is 0. The normalized spacial score (nSPS) is 10.4. The van der Waals surface area contributed by atoms with Crippen LogP contribution in [0.1, 0.15) is 5.82 Å². The molecule has 0 saturated carbocycles. The van der Waals surface area contributed by atoms with Crippen molar-refractivity contribution in [3.05, 3.63) is 55.5 Å². The molecule has 1 heterocycles. The van der Waals surface area contributed by atoms with Crippen molar-refractivity contribution < 1.29 is 14.6 Å². The van der Waals surface area contributed by atoms with Crippen LogP contribution in [-0.4, -0.2) is 19.4 Å². The average Bonchev–Trinajstić information content (AvgIpc) is 2.78. The number of nitrogens with zero attached hydrogens (tertiary/aromatic N) is 4. The van der Waals surface area contributed by atoms with Crippen LogP contribution in [0.4, 0.5) is 11.5 Å². The molecule has 1 aromatic heterocycles. The number of halogens is 1. The summed E-state index contributed by atoms with van der Waals surface area (Å²) in [6, 6.07) is 3.97. The van der Waals surface area contributed by atoms with E-state index in [4.69, 9.17) is 16.3 Å². The number of rotatable bonds is 5. The molecule has 0 radical (unpaired) electrons. The molecule has 2 aromatic rings. The number of aromatic nitrogens is 2. The first kappa shape index (κ1) is 14.7. The van der Waals surface area contributed by atoms with Crippen molar-refractivity contribution in [1.82, 2.24) is 9.55 Å². The Hall–Kier alpha value is -2.68. The fourth-order valence-electron chi connectivity index (χ4n) is 1.64. The van der Waals surface area contributed by atoms with E-state index in [1.54, 1.807) is 0 Å². The van der Waals surface area contributed by atoms with E-state index in [9.17, 15) is 20.2 Å². The predicted octanol–water partition coefficient (Wildman–Crippen LogP) is 2.47. The maximum absolute atomic E-state index is 10.9. The summed E-state index contributed by atoms with van der Waals surface area (Å²) in [7, 11) is 1.46. The van der Waals surface area contributed by atoms with Crippen molar-refractivity contribution in [2.75, 3.05) is 0 Å². The van der Waals surface area contributed by atoms with Gasteiger partial charge in [0.1, 0.15) is 6.20 Å². The number of nitro benzene ring substituents is 1. The molecule has 110 valence electrons. The Labute approximate surface area is 123 Å². The van der Waals surface area contributed by atoms with Gasteiger partial charge in [0.25, 0.3) is 0 Å². The number of nitro groups is 2. The lowest BCUT2D eigenvalue weighted by Crippen LogP contribution is -2.06. The predicted molar refractivity (Wildman–Crippen MR) is 72.3 cm³/mol. The Balaban J connectivity index is 2.21. The van der Waals surface area contributed by atoms with Crippen LogP contribution < -0.4 is 4.74 Å². The molecule has 2 rings (SSSR count). The number of imidazole rings is 1. The van der Waals surface area contributed by atoms with Crippen molar-refractivity contribution in [2.24, 2.45) is 7.05 Å². The van der Waals surface area contributed by atoms with Gasteiger partial charge >= 0.3 is 11.5 Å². The average molecular weight is 313 g/mol. The van der Waals surface area contributed by atoms with Gasteiger partial charge in [-0.2, -0.15) is 0 Å². The third-order valence-electron chi connectivity index (χ3n) is 2.72. The molecule has 0 fully saturated rings. The lowest BCUT2D eigenvalue weighted by Gasteiger charge is -2.05. The van der Waals surface area contributed by atoms with Crippen LogP contribution in [0.15, 0.2) is 24.4 Å². The summed E-state index contributed by atoms with van der Waals surface area (Å²) >= 11 is 5.69. The molecule has 0 aliphatic heterocycles. The van der Waals surface area contributed by atoms with Gasteiger partial charge in [-0.1, -0.05) is 11.6 Å². The minimum atomic E-state index is -0.623. The third-order valence-corrected chi connectivity index (χ3v) is 2.96. The summed E-state index contributed by atoms with van der Waals surface area (Å²) in [5, 5.41) is 21.8. The fourth-order valence-corrected chi connectivity index (χ4v) is 1.81. The summed E-state index contributed by atoms with van der Waals surface area (Å²) in [4.78, 5) is 24.2. The monoisotopic (exact) mass is 312 g/mol. The minimum absolute atomic E-state index is 0.00931. The van der Waals surface area contributed by atoms with Crippen LogP contribution >= 0.6 is 11.6 Å². The molecule has 10 heteroatoms. The molecule has 21 heavy (non-hydrogen) atoms. The van der Waals surface area contributed by atoms with Crippen molar-refractivity contribution in [1.29, 1.82) is 0 Å². The summed E-state index contributed by atoms with van der Waals surface area (Å²) < 4.78 is 6.55. The molecule has 0 aliphatic carbocycles. The van der Waals surface area contributed by atoms with E-state index in [0.29, 0.717) is 0 Å². The number of hydrogen-bond acceptors (Lipinski definition) is 6. The molecule has 0 aliphatic rings. The Morgan fingerprint density at radius 2 is 2.05 bits per heavy atom. The highest BCUT2D eigenvalue weighted by Gasteiger charge is 2.20. The van der Waals surface area contributed by atoms with Crippen molar-refractivity contribution in [3.8, 4) is 5.75 Å². The summed E-state index contributed by atoms with van der Waals surface area (Å²) in [5.74, 6) is 0.0835. The van der Waals surface area contributed by atoms with Crippen molar-refractivity contribution in [3.63, 3.8) is 0 Å². The lowest BCUT2D eigenvalue weighted by molar-refractivity contribution is -0.391.